The number of hydrogen-bond acceptors (Lipinski definition) is 4. The van der Waals surface area contributed by atoms with Crippen LogP contribution >= 0.6 is 16.1 Å². The molecule has 10 heavy (non-hydrogen) atoms. The highest BCUT2D eigenvalue weighted by Gasteiger charge is 2.12. The van der Waals surface area contributed by atoms with E-state index in [4.69, 9.17) is 0 Å². The van der Waals surface area contributed by atoms with Gasteiger partial charge in [0.1, 0.15) is 0 Å². The first-order valence-electron chi connectivity index (χ1n) is 2.20. The monoisotopic (exact) mass is 194 g/mol. The van der Waals surface area contributed by atoms with Crippen LogP contribution in [-0.2, 0) is 18.2 Å². The predicted molar refractivity (Wildman–Crippen MR) is 39.9 cm³/mol. The van der Waals surface area contributed by atoms with E-state index in [9.17, 15) is 9.13 Å². The van der Waals surface area contributed by atoms with Gasteiger partial charge in [-0.3, -0.25) is 0 Å². The normalized spacial score (nSPS) is 11.8. The average molecular weight is 194 g/mol. The van der Waals surface area contributed by atoms with E-state index in [1.165, 1.54) is 13.3 Å². The van der Waals surface area contributed by atoms with Gasteiger partial charge in [-0.1, -0.05) is 0 Å². The molecule has 7 heteroatoms. The van der Waals surface area contributed by atoms with Crippen LogP contribution in [-0.4, -0.2) is 43.2 Å². The standard InChI is InChI=1S/C3H8O4P2.Mg/c1-8(4)6-3-7-9(2)5;/h3H2,1-2H3;/q+2;. The molecule has 0 saturated carbocycles. The number of hydrogen-bond donors (Lipinski definition) is 0. The fourth-order valence-corrected chi connectivity index (χ4v) is 0.657. The van der Waals surface area contributed by atoms with E-state index in [0.717, 1.165) is 0 Å². The van der Waals surface area contributed by atoms with Crippen molar-refractivity contribution in [2.45, 2.75) is 0 Å². The van der Waals surface area contributed by atoms with Crippen LogP contribution in [0.5, 0.6) is 0 Å². The van der Waals surface area contributed by atoms with Crippen LogP contribution in [0.25, 0.3) is 0 Å². The van der Waals surface area contributed by atoms with Crippen LogP contribution in [0.4, 0.5) is 0 Å². The summed E-state index contributed by atoms with van der Waals surface area (Å²) in [7, 11) is -3.27. The first-order valence-corrected chi connectivity index (χ1v) is 5.45. The maximum Gasteiger partial charge on any atom is 0.507 e. The van der Waals surface area contributed by atoms with Crippen molar-refractivity contribution in [3.63, 3.8) is 0 Å². The Morgan fingerprint density at radius 3 is 1.60 bits per heavy atom. The maximum absolute atomic E-state index is 10.2. The Morgan fingerprint density at radius 1 is 1.10 bits per heavy atom. The van der Waals surface area contributed by atoms with Crippen LogP contribution < -0.4 is 0 Å². The van der Waals surface area contributed by atoms with Crippen LogP contribution in [0, 0.1) is 0 Å². The molecule has 0 aromatic heterocycles. The Balaban J connectivity index is 0. The lowest BCUT2D eigenvalue weighted by atomic mass is 11.6. The Hall–Kier alpha value is 0.886. The molecule has 4 nitrogen and oxygen atoms in total. The SMILES string of the molecule is C[P+](=O)OCO[P+](C)=O.[Mg]. The lowest BCUT2D eigenvalue weighted by Gasteiger charge is -1.77. The fourth-order valence-electron chi connectivity index (χ4n) is 0.172. The summed E-state index contributed by atoms with van der Waals surface area (Å²) in [5.74, 6) is 0. The molecule has 0 bridgehead atoms. The Labute approximate surface area is 77.5 Å². The zero-order valence-electron chi connectivity index (χ0n) is 5.94. The van der Waals surface area contributed by atoms with E-state index < -0.39 is 16.1 Å². The molecule has 0 rings (SSSR count). The molecule has 0 N–H and O–H groups in total. The first-order chi connectivity index (χ1) is 4.13. The molecule has 2 radical (unpaired) electrons. The second-order valence-electron chi connectivity index (χ2n) is 1.26. The molecule has 0 fully saturated rings. The maximum atomic E-state index is 10.2. The summed E-state index contributed by atoms with van der Waals surface area (Å²) in [5.41, 5.74) is 0. The molecule has 0 aromatic rings. The Morgan fingerprint density at radius 2 is 1.40 bits per heavy atom. The van der Waals surface area contributed by atoms with Gasteiger partial charge < -0.3 is 0 Å². The quantitative estimate of drug-likeness (QED) is 0.385. The predicted octanol–water partition coefficient (Wildman–Crippen LogP) is 1.34. The summed E-state index contributed by atoms with van der Waals surface area (Å²) in [6.07, 6.45) is 0. The Bertz CT molecular complexity index is 114. The molecule has 0 aromatic carbocycles. The zero-order chi connectivity index (χ0) is 7.28. The molecule has 2 atom stereocenters. The summed E-state index contributed by atoms with van der Waals surface area (Å²) in [6.45, 7) is 2.65. The van der Waals surface area contributed by atoms with E-state index in [2.05, 4.69) is 9.05 Å². The summed E-state index contributed by atoms with van der Waals surface area (Å²) in [5, 5.41) is 0. The second kappa shape index (κ2) is 7.99. The van der Waals surface area contributed by atoms with Crippen molar-refractivity contribution in [1.29, 1.82) is 0 Å². The van der Waals surface area contributed by atoms with Crippen molar-refractivity contribution < 1.29 is 18.2 Å². The molecular formula is C3H8MgO4P2+2. The van der Waals surface area contributed by atoms with Gasteiger partial charge in [-0.25, -0.2) is 0 Å². The van der Waals surface area contributed by atoms with Crippen LogP contribution in [0.15, 0.2) is 0 Å². The summed E-state index contributed by atoms with van der Waals surface area (Å²) < 4.78 is 29.3. The van der Waals surface area contributed by atoms with Gasteiger partial charge in [0.05, 0.1) is 0 Å². The minimum atomic E-state index is -1.63. The lowest BCUT2D eigenvalue weighted by molar-refractivity contribution is 0.139. The van der Waals surface area contributed by atoms with Gasteiger partial charge in [-0.2, -0.15) is 0 Å². The van der Waals surface area contributed by atoms with Crippen molar-refractivity contribution in [3.05, 3.63) is 0 Å². The average Bonchev–Trinajstić information content (AvgIpc) is 1.63. The van der Waals surface area contributed by atoms with E-state index >= 15 is 0 Å². The molecular weight excluding hydrogens is 186 g/mol. The third-order valence-corrected chi connectivity index (χ3v) is 1.41. The molecule has 0 amide bonds. The summed E-state index contributed by atoms with van der Waals surface area (Å²) >= 11 is 0. The van der Waals surface area contributed by atoms with Crippen molar-refractivity contribution in [2.24, 2.45) is 0 Å². The van der Waals surface area contributed by atoms with Crippen molar-refractivity contribution in [1.82, 2.24) is 0 Å². The van der Waals surface area contributed by atoms with Gasteiger partial charge in [0.25, 0.3) is 6.79 Å². The van der Waals surface area contributed by atoms with E-state index in [1.54, 1.807) is 0 Å². The van der Waals surface area contributed by atoms with Gasteiger partial charge in [-0.15, -0.1) is 9.05 Å². The van der Waals surface area contributed by atoms with E-state index in [1.807, 2.05) is 0 Å². The van der Waals surface area contributed by atoms with E-state index in [0.29, 0.717) is 0 Å². The largest absolute Gasteiger partial charge is 0.507 e. The minimum absolute atomic E-state index is 0. The lowest BCUT2D eigenvalue weighted by Crippen LogP contribution is -1.84. The molecule has 0 aliphatic carbocycles. The van der Waals surface area contributed by atoms with Gasteiger partial charge >= 0.3 is 16.1 Å². The third-order valence-electron chi connectivity index (χ3n) is 0.469. The van der Waals surface area contributed by atoms with Crippen molar-refractivity contribution in [2.75, 3.05) is 20.1 Å². The van der Waals surface area contributed by atoms with Crippen molar-refractivity contribution in [3.8, 4) is 0 Å². The topological polar surface area (TPSA) is 52.6 Å². The molecule has 0 aliphatic heterocycles. The zero-order valence-corrected chi connectivity index (χ0v) is 9.14. The highest BCUT2D eigenvalue weighted by Crippen LogP contribution is 2.20. The highest BCUT2D eigenvalue weighted by atomic mass is 31.1. The first kappa shape index (κ1) is 13.5. The fraction of sp³-hybridized carbons (Fsp3) is 1.00. The Kier molecular flexibility index (Phi) is 10.8. The molecule has 0 aliphatic rings. The summed E-state index contributed by atoms with van der Waals surface area (Å²) in [6, 6.07) is 0. The van der Waals surface area contributed by atoms with Gasteiger partial charge in [0.15, 0.2) is 13.3 Å². The molecule has 0 heterocycles. The van der Waals surface area contributed by atoms with Gasteiger partial charge in [0, 0.05) is 23.1 Å². The van der Waals surface area contributed by atoms with Crippen molar-refractivity contribution >= 4 is 39.1 Å². The van der Waals surface area contributed by atoms with Crippen LogP contribution in [0.2, 0.25) is 0 Å². The van der Waals surface area contributed by atoms with Gasteiger partial charge in [0.2, 0.25) is 0 Å². The number of rotatable bonds is 4. The summed E-state index contributed by atoms with van der Waals surface area (Å²) in [4.78, 5) is 0. The van der Waals surface area contributed by atoms with Crippen LogP contribution in [0.3, 0.4) is 0 Å². The highest BCUT2D eigenvalue weighted by molar-refractivity contribution is 7.38. The third kappa shape index (κ3) is 11.7. The molecule has 0 spiro atoms. The van der Waals surface area contributed by atoms with Gasteiger partial charge in [-0.05, 0) is 9.13 Å². The second-order valence-corrected chi connectivity index (χ2v) is 3.53. The van der Waals surface area contributed by atoms with Crippen LogP contribution in [0.1, 0.15) is 0 Å². The molecule has 54 valence electrons. The smallest absolute Gasteiger partial charge is 0.113 e. The molecule has 0 saturated heterocycles. The minimum Gasteiger partial charge on any atom is -0.113 e. The molecule has 2 unspecified atom stereocenters. The van der Waals surface area contributed by atoms with E-state index in [-0.39, 0.29) is 29.8 Å².